The number of aliphatic hydroxyl groups is 1. The number of rotatable bonds is 4. The van der Waals surface area contributed by atoms with Crippen LogP contribution in [0.5, 0.6) is 0 Å². The number of β-amino-alcohol motifs (C(OH)–C–C–N with tert-alkyl or cyclic N) is 1. The van der Waals surface area contributed by atoms with E-state index in [0.717, 1.165) is 11.1 Å². The number of carbonyl (C=O) groups is 2. The minimum Gasteiger partial charge on any atom is -0.444 e. The molecule has 0 aliphatic carbocycles. The molecule has 1 fully saturated rings. The van der Waals surface area contributed by atoms with Gasteiger partial charge in [0.2, 0.25) is 5.91 Å². The van der Waals surface area contributed by atoms with E-state index < -0.39 is 17.8 Å². The second kappa shape index (κ2) is 7.00. The first kappa shape index (κ1) is 17.3. The fourth-order valence-electron chi connectivity index (χ4n) is 2.38. The molecular formula is C17H24N2O4. The second-order valence-corrected chi connectivity index (χ2v) is 6.80. The molecule has 0 bridgehead atoms. The van der Waals surface area contributed by atoms with Crippen LogP contribution in [-0.2, 0) is 22.6 Å². The Bertz CT molecular complexity index is 563. The topological polar surface area (TPSA) is 78.9 Å². The average Bonchev–Trinajstić information content (AvgIpc) is 2.74. The van der Waals surface area contributed by atoms with Gasteiger partial charge in [-0.1, -0.05) is 24.3 Å². The Morgan fingerprint density at radius 1 is 1.30 bits per heavy atom. The van der Waals surface area contributed by atoms with Gasteiger partial charge >= 0.3 is 6.09 Å². The Morgan fingerprint density at radius 2 is 1.91 bits per heavy atom. The van der Waals surface area contributed by atoms with Gasteiger partial charge in [-0.3, -0.25) is 4.79 Å². The Morgan fingerprint density at radius 3 is 2.43 bits per heavy atom. The van der Waals surface area contributed by atoms with E-state index in [0.29, 0.717) is 19.6 Å². The van der Waals surface area contributed by atoms with Crippen molar-refractivity contribution < 1.29 is 19.4 Å². The molecule has 1 atom stereocenters. The van der Waals surface area contributed by atoms with Crippen molar-refractivity contribution >= 4 is 12.0 Å². The Labute approximate surface area is 136 Å². The van der Waals surface area contributed by atoms with Crippen LogP contribution < -0.4 is 5.32 Å². The molecular weight excluding hydrogens is 296 g/mol. The third-order valence-electron chi connectivity index (χ3n) is 3.43. The van der Waals surface area contributed by atoms with Gasteiger partial charge < -0.3 is 20.1 Å². The molecule has 1 saturated heterocycles. The minimum absolute atomic E-state index is 0.0202. The molecule has 1 aliphatic rings. The molecule has 6 nitrogen and oxygen atoms in total. The number of nitrogens with one attached hydrogen (secondary N) is 1. The number of hydrogen-bond donors (Lipinski definition) is 2. The zero-order valence-corrected chi connectivity index (χ0v) is 13.8. The third-order valence-corrected chi connectivity index (χ3v) is 3.43. The lowest BCUT2D eigenvalue weighted by atomic mass is 10.1. The van der Waals surface area contributed by atoms with Crippen molar-refractivity contribution in [1.29, 1.82) is 0 Å². The predicted molar refractivity (Wildman–Crippen MR) is 85.6 cm³/mol. The molecule has 126 valence electrons. The molecule has 1 aromatic carbocycles. The van der Waals surface area contributed by atoms with Crippen LogP contribution in [0.1, 0.15) is 38.3 Å². The number of likely N-dealkylation sites (tertiary alicyclic amines) is 1. The summed E-state index contributed by atoms with van der Waals surface area (Å²) < 4.78 is 5.18. The summed E-state index contributed by atoms with van der Waals surface area (Å²) in [6, 6.07) is 7.65. The highest BCUT2D eigenvalue weighted by Gasteiger charge is 2.27. The molecule has 2 rings (SSSR count). The quantitative estimate of drug-likeness (QED) is 0.887. The summed E-state index contributed by atoms with van der Waals surface area (Å²) in [7, 11) is 0. The molecule has 0 aromatic heterocycles. The lowest BCUT2D eigenvalue weighted by molar-refractivity contribution is -0.128. The van der Waals surface area contributed by atoms with Crippen molar-refractivity contribution in [3.05, 3.63) is 35.4 Å². The van der Waals surface area contributed by atoms with Gasteiger partial charge in [0.1, 0.15) is 5.60 Å². The molecule has 0 saturated carbocycles. The first-order valence-electron chi connectivity index (χ1n) is 7.73. The lowest BCUT2D eigenvalue weighted by Gasteiger charge is -2.19. The van der Waals surface area contributed by atoms with Gasteiger partial charge in [-0.05, 0) is 31.9 Å². The molecule has 0 radical (unpaired) electrons. The second-order valence-electron chi connectivity index (χ2n) is 6.80. The first-order chi connectivity index (χ1) is 10.7. The van der Waals surface area contributed by atoms with Gasteiger partial charge in [0, 0.05) is 19.6 Å². The molecule has 6 heteroatoms. The summed E-state index contributed by atoms with van der Waals surface area (Å²) in [4.78, 5) is 24.9. The normalized spacial score (nSPS) is 18.2. The van der Waals surface area contributed by atoms with Crippen molar-refractivity contribution in [3.8, 4) is 0 Å². The van der Waals surface area contributed by atoms with Crippen molar-refractivity contribution in [1.82, 2.24) is 10.2 Å². The van der Waals surface area contributed by atoms with E-state index >= 15 is 0 Å². The monoisotopic (exact) mass is 320 g/mol. The fraction of sp³-hybridized carbons (Fsp3) is 0.529. The van der Waals surface area contributed by atoms with Crippen molar-refractivity contribution in [2.24, 2.45) is 0 Å². The molecule has 0 spiro atoms. The number of hydrogen-bond acceptors (Lipinski definition) is 4. The highest BCUT2D eigenvalue weighted by molar-refractivity contribution is 5.79. The van der Waals surface area contributed by atoms with Crippen molar-refractivity contribution in [2.45, 2.75) is 52.0 Å². The van der Waals surface area contributed by atoms with Crippen LogP contribution in [0.3, 0.4) is 0 Å². The number of aliphatic hydroxyl groups excluding tert-OH is 1. The Balaban J connectivity index is 1.83. The molecule has 23 heavy (non-hydrogen) atoms. The maximum absolute atomic E-state index is 11.7. The summed E-state index contributed by atoms with van der Waals surface area (Å²) in [6.45, 7) is 6.72. The van der Waals surface area contributed by atoms with Gasteiger partial charge in [0.05, 0.1) is 12.5 Å². The first-order valence-corrected chi connectivity index (χ1v) is 7.73. The maximum Gasteiger partial charge on any atom is 0.407 e. The van der Waals surface area contributed by atoms with Crippen LogP contribution in [0.4, 0.5) is 4.79 Å². The summed E-state index contributed by atoms with van der Waals surface area (Å²) >= 11 is 0. The van der Waals surface area contributed by atoms with Gasteiger partial charge in [-0.25, -0.2) is 4.79 Å². The molecule has 1 heterocycles. The SMILES string of the molecule is CC(C)(C)OC(=O)NCc1ccc(CN2CC(O)CC2=O)cc1. The van der Waals surface area contributed by atoms with Crippen molar-refractivity contribution in [2.75, 3.05) is 6.54 Å². The van der Waals surface area contributed by atoms with Crippen molar-refractivity contribution in [3.63, 3.8) is 0 Å². The van der Waals surface area contributed by atoms with E-state index in [1.54, 1.807) is 4.90 Å². The number of alkyl carbamates (subject to hydrolysis) is 1. The Hall–Kier alpha value is -2.08. The zero-order valence-electron chi connectivity index (χ0n) is 13.8. The standard InChI is InChI=1S/C17H24N2O4/c1-17(2,3)23-16(22)18-9-12-4-6-13(7-5-12)10-19-11-14(20)8-15(19)21/h4-7,14,20H,8-11H2,1-3H3,(H,18,22). The van der Waals surface area contributed by atoms with Crippen LogP contribution >= 0.6 is 0 Å². The molecule has 2 N–H and O–H groups in total. The van der Waals surface area contributed by atoms with E-state index in [1.165, 1.54) is 0 Å². The van der Waals surface area contributed by atoms with E-state index in [9.17, 15) is 14.7 Å². The van der Waals surface area contributed by atoms with E-state index in [4.69, 9.17) is 4.74 Å². The minimum atomic E-state index is -0.556. The summed E-state index contributed by atoms with van der Waals surface area (Å²) in [5.41, 5.74) is 1.43. The van der Waals surface area contributed by atoms with E-state index in [1.807, 2.05) is 45.0 Å². The maximum atomic E-state index is 11.7. The fourth-order valence-corrected chi connectivity index (χ4v) is 2.38. The summed E-state index contributed by atoms with van der Waals surface area (Å²) in [5, 5.41) is 12.2. The predicted octanol–water partition coefficient (Wildman–Crippen LogP) is 1.80. The number of nitrogens with zero attached hydrogens (tertiary/aromatic N) is 1. The van der Waals surface area contributed by atoms with Crippen LogP contribution in [0.25, 0.3) is 0 Å². The summed E-state index contributed by atoms with van der Waals surface area (Å²) in [5.74, 6) is -0.0202. The molecule has 1 aliphatic heterocycles. The van der Waals surface area contributed by atoms with Crippen LogP contribution in [-0.4, -0.2) is 40.3 Å². The number of benzene rings is 1. The van der Waals surface area contributed by atoms with E-state index in [2.05, 4.69) is 5.32 Å². The van der Waals surface area contributed by atoms with Crippen LogP contribution in [0.2, 0.25) is 0 Å². The van der Waals surface area contributed by atoms with Crippen LogP contribution in [0.15, 0.2) is 24.3 Å². The largest absolute Gasteiger partial charge is 0.444 e. The third kappa shape index (κ3) is 5.56. The lowest BCUT2D eigenvalue weighted by Crippen LogP contribution is -2.32. The van der Waals surface area contributed by atoms with Crippen LogP contribution in [0, 0.1) is 0 Å². The van der Waals surface area contributed by atoms with Gasteiger partial charge in [-0.2, -0.15) is 0 Å². The Kier molecular flexibility index (Phi) is 5.26. The van der Waals surface area contributed by atoms with Gasteiger partial charge in [0.15, 0.2) is 0 Å². The van der Waals surface area contributed by atoms with E-state index in [-0.39, 0.29) is 12.3 Å². The molecule has 1 unspecified atom stereocenters. The average molecular weight is 320 g/mol. The highest BCUT2D eigenvalue weighted by Crippen LogP contribution is 2.15. The highest BCUT2D eigenvalue weighted by atomic mass is 16.6. The number of amides is 2. The molecule has 2 amide bonds. The number of ether oxygens (including phenoxy) is 1. The number of carbonyl (C=O) groups excluding carboxylic acids is 2. The van der Waals surface area contributed by atoms with Gasteiger partial charge in [-0.15, -0.1) is 0 Å². The van der Waals surface area contributed by atoms with Gasteiger partial charge in [0.25, 0.3) is 0 Å². The summed E-state index contributed by atoms with van der Waals surface area (Å²) in [6.07, 6.45) is -0.796. The zero-order chi connectivity index (χ0) is 17.0. The molecule has 1 aromatic rings. The smallest absolute Gasteiger partial charge is 0.407 e.